The molecule has 4 N–H and O–H groups in total. The van der Waals surface area contributed by atoms with Gasteiger partial charge in [0.05, 0.1) is 0 Å². The number of aromatic hydroxyl groups is 1. The summed E-state index contributed by atoms with van der Waals surface area (Å²) in [7, 11) is 0. The lowest BCUT2D eigenvalue weighted by Gasteiger charge is -2.17. The van der Waals surface area contributed by atoms with Crippen LogP contribution in [0.15, 0.2) is 48.5 Å². The normalized spacial score (nSPS) is 11.8. The number of hydrogen-bond donors (Lipinski definition) is 3. The number of nitrogens with two attached hydrogens (primary N) is 1. The quantitative estimate of drug-likeness (QED) is 0.788. The molecular formula is C14H13FN2O2. The van der Waals surface area contributed by atoms with Gasteiger partial charge in [0.15, 0.2) is 0 Å². The van der Waals surface area contributed by atoms with Crippen molar-refractivity contribution in [2.45, 2.75) is 6.04 Å². The number of phenolic OH excluding ortho intramolecular Hbond substituents is 1. The summed E-state index contributed by atoms with van der Waals surface area (Å²) in [4.78, 5) is 11.5. The Labute approximate surface area is 109 Å². The van der Waals surface area contributed by atoms with Crippen molar-refractivity contribution >= 4 is 11.6 Å². The van der Waals surface area contributed by atoms with Gasteiger partial charge in [0.25, 0.3) is 0 Å². The summed E-state index contributed by atoms with van der Waals surface area (Å²) in [6, 6.07) is 11.4. The molecule has 2 rings (SSSR count). The highest BCUT2D eigenvalue weighted by Gasteiger charge is 2.19. The van der Waals surface area contributed by atoms with Crippen LogP contribution in [0, 0.1) is 5.82 Å². The fourth-order valence-electron chi connectivity index (χ4n) is 1.78. The molecule has 0 aliphatic rings. The first kappa shape index (κ1) is 12.9. The van der Waals surface area contributed by atoms with Crippen molar-refractivity contribution < 1.29 is 14.3 Å². The van der Waals surface area contributed by atoms with E-state index >= 15 is 0 Å². The number of anilines is 1. The zero-order valence-corrected chi connectivity index (χ0v) is 10.0. The Hall–Kier alpha value is -2.56. The van der Waals surface area contributed by atoms with E-state index in [1.807, 2.05) is 6.07 Å². The standard InChI is InChI=1S/C14H13FN2O2/c15-10-6-9(7-12(18)8-10)13(14(16)19)17-11-4-2-1-3-5-11/h1-8,13,17-18H,(H2,16,19). The molecule has 5 heteroatoms. The first-order valence-corrected chi connectivity index (χ1v) is 5.66. The number of carbonyl (C=O) groups excluding carboxylic acids is 1. The zero-order valence-electron chi connectivity index (χ0n) is 10.0. The molecule has 0 spiro atoms. The van der Waals surface area contributed by atoms with Gasteiger partial charge >= 0.3 is 0 Å². The molecule has 1 amide bonds. The van der Waals surface area contributed by atoms with Crippen molar-refractivity contribution in [2.75, 3.05) is 5.32 Å². The van der Waals surface area contributed by atoms with Gasteiger partial charge in [0.2, 0.25) is 5.91 Å². The van der Waals surface area contributed by atoms with E-state index < -0.39 is 17.8 Å². The number of carbonyl (C=O) groups is 1. The molecule has 4 nitrogen and oxygen atoms in total. The molecule has 19 heavy (non-hydrogen) atoms. The lowest BCUT2D eigenvalue weighted by molar-refractivity contribution is -0.118. The van der Waals surface area contributed by atoms with Crippen LogP contribution in [0.1, 0.15) is 11.6 Å². The van der Waals surface area contributed by atoms with Gasteiger partial charge in [0.1, 0.15) is 17.6 Å². The molecule has 1 atom stereocenters. The summed E-state index contributed by atoms with van der Waals surface area (Å²) >= 11 is 0. The Morgan fingerprint density at radius 1 is 1.21 bits per heavy atom. The van der Waals surface area contributed by atoms with Crippen LogP contribution in [-0.2, 0) is 4.79 Å². The van der Waals surface area contributed by atoms with E-state index in [0.29, 0.717) is 5.69 Å². The van der Waals surface area contributed by atoms with Crippen LogP contribution in [0.4, 0.5) is 10.1 Å². The molecule has 0 aliphatic heterocycles. The molecule has 0 bridgehead atoms. The van der Waals surface area contributed by atoms with E-state index in [2.05, 4.69) is 5.32 Å². The molecule has 1 unspecified atom stereocenters. The molecule has 2 aromatic carbocycles. The van der Waals surface area contributed by atoms with Gasteiger partial charge in [-0.3, -0.25) is 4.79 Å². The number of phenols is 1. The van der Waals surface area contributed by atoms with Crippen molar-refractivity contribution in [1.82, 2.24) is 0 Å². The van der Waals surface area contributed by atoms with E-state index in [1.165, 1.54) is 6.07 Å². The smallest absolute Gasteiger partial charge is 0.244 e. The number of halogens is 1. The Balaban J connectivity index is 2.32. The summed E-state index contributed by atoms with van der Waals surface area (Å²) in [5.41, 5.74) is 6.26. The molecule has 0 aliphatic carbocycles. The third-order valence-electron chi connectivity index (χ3n) is 2.61. The fourth-order valence-corrected chi connectivity index (χ4v) is 1.78. The van der Waals surface area contributed by atoms with Crippen LogP contribution < -0.4 is 11.1 Å². The van der Waals surface area contributed by atoms with Gasteiger partial charge in [-0.2, -0.15) is 0 Å². The number of amides is 1. The highest BCUT2D eigenvalue weighted by Crippen LogP contribution is 2.23. The molecule has 0 aromatic heterocycles. The second kappa shape index (κ2) is 5.39. The van der Waals surface area contributed by atoms with Gasteiger partial charge in [-0.15, -0.1) is 0 Å². The Morgan fingerprint density at radius 2 is 1.89 bits per heavy atom. The van der Waals surface area contributed by atoms with Crippen molar-refractivity contribution in [3.8, 4) is 5.75 Å². The second-order valence-corrected chi connectivity index (χ2v) is 4.09. The maximum absolute atomic E-state index is 13.3. The highest BCUT2D eigenvalue weighted by atomic mass is 19.1. The molecule has 0 radical (unpaired) electrons. The van der Waals surface area contributed by atoms with Gasteiger partial charge in [-0.1, -0.05) is 18.2 Å². The summed E-state index contributed by atoms with van der Waals surface area (Å²) in [6.07, 6.45) is 0. The maximum Gasteiger partial charge on any atom is 0.244 e. The topological polar surface area (TPSA) is 75.4 Å². The van der Waals surface area contributed by atoms with Crippen molar-refractivity contribution in [1.29, 1.82) is 0 Å². The largest absolute Gasteiger partial charge is 0.508 e. The zero-order chi connectivity index (χ0) is 13.8. The number of primary amides is 1. The minimum Gasteiger partial charge on any atom is -0.508 e. The predicted molar refractivity (Wildman–Crippen MR) is 70.1 cm³/mol. The summed E-state index contributed by atoms with van der Waals surface area (Å²) in [6.45, 7) is 0. The van der Waals surface area contributed by atoms with Crippen LogP contribution in [0.25, 0.3) is 0 Å². The van der Waals surface area contributed by atoms with Crippen LogP contribution >= 0.6 is 0 Å². The Kier molecular flexibility index (Phi) is 3.66. The Bertz CT molecular complexity index is 567. The van der Waals surface area contributed by atoms with Crippen molar-refractivity contribution in [3.05, 3.63) is 59.9 Å². The number of rotatable bonds is 4. The number of para-hydroxylation sites is 1. The van der Waals surface area contributed by atoms with E-state index in [4.69, 9.17) is 5.73 Å². The third-order valence-corrected chi connectivity index (χ3v) is 2.61. The van der Waals surface area contributed by atoms with Crippen LogP contribution in [-0.4, -0.2) is 11.0 Å². The van der Waals surface area contributed by atoms with Gasteiger partial charge in [0, 0.05) is 11.8 Å². The monoisotopic (exact) mass is 260 g/mol. The van der Waals surface area contributed by atoms with E-state index in [1.54, 1.807) is 24.3 Å². The number of nitrogens with one attached hydrogen (secondary N) is 1. The van der Waals surface area contributed by atoms with Crippen molar-refractivity contribution in [3.63, 3.8) is 0 Å². The summed E-state index contributed by atoms with van der Waals surface area (Å²) in [5, 5.41) is 12.3. The first-order chi connectivity index (χ1) is 9.06. The van der Waals surface area contributed by atoms with E-state index in [-0.39, 0.29) is 11.3 Å². The SMILES string of the molecule is NC(=O)C(Nc1ccccc1)c1cc(O)cc(F)c1. The van der Waals surface area contributed by atoms with Gasteiger partial charge in [-0.25, -0.2) is 4.39 Å². The molecule has 0 saturated carbocycles. The lowest BCUT2D eigenvalue weighted by atomic mass is 10.1. The van der Waals surface area contributed by atoms with Crippen LogP contribution in [0.2, 0.25) is 0 Å². The molecule has 0 heterocycles. The molecule has 0 fully saturated rings. The lowest BCUT2D eigenvalue weighted by Crippen LogP contribution is -2.27. The number of benzene rings is 2. The minimum absolute atomic E-state index is 0.254. The van der Waals surface area contributed by atoms with E-state index in [9.17, 15) is 14.3 Å². The highest BCUT2D eigenvalue weighted by molar-refractivity contribution is 5.84. The summed E-state index contributed by atoms with van der Waals surface area (Å²) in [5.74, 6) is -1.54. The van der Waals surface area contributed by atoms with Crippen molar-refractivity contribution in [2.24, 2.45) is 5.73 Å². The van der Waals surface area contributed by atoms with Crippen LogP contribution in [0.5, 0.6) is 5.75 Å². The fraction of sp³-hybridized carbons (Fsp3) is 0.0714. The van der Waals surface area contributed by atoms with Gasteiger partial charge < -0.3 is 16.2 Å². The predicted octanol–water partition coefficient (Wildman–Crippen LogP) is 2.17. The molecular weight excluding hydrogens is 247 g/mol. The Morgan fingerprint density at radius 3 is 2.47 bits per heavy atom. The third kappa shape index (κ3) is 3.22. The van der Waals surface area contributed by atoms with Gasteiger partial charge in [-0.05, 0) is 29.8 Å². The summed E-state index contributed by atoms with van der Waals surface area (Å²) < 4.78 is 13.3. The van der Waals surface area contributed by atoms with Crippen LogP contribution in [0.3, 0.4) is 0 Å². The average molecular weight is 260 g/mol. The average Bonchev–Trinajstić information content (AvgIpc) is 2.35. The molecule has 2 aromatic rings. The van der Waals surface area contributed by atoms with E-state index in [0.717, 1.165) is 12.1 Å². The minimum atomic E-state index is -0.913. The molecule has 98 valence electrons. The first-order valence-electron chi connectivity index (χ1n) is 5.66. The molecule has 0 saturated heterocycles. The maximum atomic E-state index is 13.3. The second-order valence-electron chi connectivity index (χ2n) is 4.09. The number of hydrogen-bond acceptors (Lipinski definition) is 3.